The maximum absolute atomic E-state index is 5.23. The lowest BCUT2D eigenvalue weighted by Gasteiger charge is -2.19. The van der Waals surface area contributed by atoms with Crippen LogP contribution in [0.1, 0.15) is 25.5 Å². The van der Waals surface area contributed by atoms with Crippen LogP contribution in [0.4, 0.5) is 0 Å². The van der Waals surface area contributed by atoms with Gasteiger partial charge in [-0.3, -0.25) is 0 Å². The number of rotatable bonds is 6. The monoisotopic (exact) mass is 300 g/mol. The highest BCUT2D eigenvalue weighted by atomic mass is 79.9. The number of benzene rings is 1. The number of likely N-dealkylation sites (N-methyl/N-ethyl adjacent to an activating group) is 1. The lowest BCUT2D eigenvalue weighted by atomic mass is 10.1. The minimum atomic E-state index is 0.305. The first-order valence-electron chi connectivity index (χ1n) is 5.82. The lowest BCUT2D eigenvalue weighted by Crippen LogP contribution is -2.33. The van der Waals surface area contributed by atoms with Gasteiger partial charge in [0.2, 0.25) is 0 Å². The van der Waals surface area contributed by atoms with E-state index in [1.807, 2.05) is 13.1 Å². The van der Waals surface area contributed by atoms with Gasteiger partial charge in [-0.25, -0.2) is 0 Å². The minimum Gasteiger partial charge on any atom is -0.496 e. The van der Waals surface area contributed by atoms with E-state index in [-0.39, 0.29) is 0 Å². The molecule has 0 aliphatic heterocycles. The molecular weight excluding hydrogens is 280 g/mol. The Morgan fingerprint density at radius 2 is 2.06 bits per heavy atom. The third kappa shape index (κ3) is 4.30. The summed E-state index contributed by atoms with van der Waals surface area (Å²) in [6.07, 6.45) is 0. The number of ether oxygens (including phenoxy) is 1. The Hall–Kier alpha value is -0.580. The van der Waals surface area contributed by atoms with Crippen molar-refractivity contribution in [2.24, 2.45) is 0 Å². The molecule has 0 aromatic heterocycles. The van der Waals surface area contributed by atoms with E-state index >= 15 is 0 Å². The Morgan fingerprint density at radius 3 is 2.53 bits per heavy atom. The Balaban J connectivity index is 2.78. The van der Waals surface area contributed by atoms with Gasteiger partial charge >= 0.3 is 0 Å². The fraction of sp³-hybridized carbons (Fsp3) is 0.538. The van der Waals surface area contributed by atoms with Crippen molar-refractivity contribution in [3.8, 4) is 5.75 Å². The highest BCUT2D eigenvalue weighted by Crippen LogP contribution is 2.27. The Bertz CT molecular complexity index is 355. The summed E-state index contributed by atoms with van der Waals surface area (Å²) in [7, 11) is 3.65. The molecule has 0 aliphatic rings. The van der Waals surface area contributed by atoms with Crippen molar-refractivity contribution in [3.63, 3.8) is 0 Å². The van der Waals surface area contributed by atoms with Crippen molar-refractivity contribution >= 4 is 15.9 Å². The molecule has 4 heteroatoms. The molecule has 0 heterocycles. The molecule has 17 heavy (non-hydrogen) atoms. The van der Waals surface area contributed by atoms with Gasteiger partial charge in [0.1, 0.15) is 5.75 Å². The SMILES string of the molecule is CNC(CNC(C)C)c1ccc(OC)c(Br)c1. The molecule has 1 atom stereocenters. The number of methoxy groups -OCH3 is 1. The molecule has 0 saturated heterocycles. The average Bonchev–Trinajstić information content (AvgIpc) is 2.29. The second-order valence-electron chi connectivity index (χ2n) is 4.30. The quantitative estimate of drug-likeness (QED) is 0.847. The van der Waals surface area contributed by atoms with Crippen LogP contribution in [0, 0.1) is 0 Å². The van der Waals surface area contributed by atoms with E-state index in [9.17, 15) is 0 Å². The first-order valence-corrected chi connectivity index (χ1v) is 6.61. The van der Waals surface area contributed by atoms with E-state index in [1.54, 1.807) is 7.11 Å². The molecule has 0 fully saturated rings. The van der Waals surface area contributed by atoms with Crippen LogP contribution in [0.15, 0.2) is 22.7 Å². The van der Waals surface area contributed by atoms with Crippen LogP contribution >= 0.6 is 15.9 Å². The number of hydrogen-bond acceptors (Lipinski definition) is 3. The smallest absolute Gasteiger partial charge is 0.133 e. The van der Waals surface area contributed by atoms with Crippen molar-refractivity contribution in [2.75, 3.05) is 20.7 Å². The molecule has 1 unspecified atom stereocenters. The van der Waals surface area contributed by atoms with E-state index in [0.717, 1.165) is 16.8 Å². The van der Waals surface area contributed by atoms with Gasteiger partial charge in [-0.2, -0.15) is 0 Å². The molecule has 0 radical (unpaired) electrons. The minimum absolute atomic E-state index is 0.305. The second kappa shape index (κ2) is 6.99. The second-order valence-corrected chi connectivity index (χ2v) is 5.15. The van der Waals surface area contributed by atoms with Crippen LogP contribution in [0.2, 0.25) is 0 Å². The van der Waals surface area contributed by atoms with Crippen molar-refractivity contribution in [2.45, 2.75) is 25.9 Å². The zero-order valence-electron chi connectivity index (χ0n) is 10.9. The normalized spacial score (nSPS) is 12.8. The fourth-order valence-corrected chi connectivity index (χ4v) is 2.20. The molecule has 0 amide bonds. The molecule has 0 saturated carbocycles. The molecule has 3 nitrogen and oxygen atoms in total. The molecule has 0 aliphatic carbocycles. The Morgan fingerprint density at radius 1 is 1.35 bits per heavy atom. The molecular formula is C13H21BrN2O. The maximum Gasteiger partial charge on any atom is 0.133 e. The van der Waals surface area contributed by atoms with Crippen LogP contribution < -0.4 is 15.4 Å². The maximum atomic E-state index is 5.23. The molecule has 1 aromatic carbocycles. The van der Waals surface area contributed by atoms with Crippen molar-refractivity contribution < 1.29 is 4.74 Å². The summed E-state index contributed by atoms with van der Waals surface area (Å²) < 4.78 is 6.22. The largest absolute Gasteiger partial charge is 0.496 e. The van der Waals surface area contributed by atoms with Crippen LogP contribution in [0.25, 0.3) is 0 Å². The van der Waals surface area contributed by atoms with Gasteiger partial charge in [0, 0.05) is 18.6 Å². The van der Waals surface area contributed by atoms with Gasteiger partial charge in [0.05, 0.1) is 11.6 Å². The predicted octanol–water partition coefficient (Wildman–Crippen LogP) is 2.72. The van der Waals surface area contributed by atoms with Crippen LogP contribution in [-0.4, -0.2) is 26.7 Å². The van der Waals surface area contributed by atoms with E-state index in [1.165, 1.54) is 5.56 Å². The van der Waals surface area contributed by atoms with E-state index in [0.29, 0.717) is 12.1 Å². The zero-order chi connectivity index (χ0) is 12.8. The van der Waals surface area contributed by atoms with Crippen molar-refractivity contribution in [1.29, 1.82) is 0 Å². The van der Waals surface area contributed by atoms with E-state index < -0.39 is 0 Å². The molecule has 1 aromatic rings. The average molecular weight is 301 g/mol. The summed E-state index contributed by atoms with van der Waals surface area (Å²) in [6, 6.07) is 6.97. The van der Waals surface area contributed by atoms with Gasteiger partial charge in [-0.1, -0.05) is 19.9 Å². The predicted molar refractivity (Wildman–Crippen MR) is 75.6 cm³/mol. The topological polar surface area (TPSA) is 33.3 Å². The van der Waals surface area contributed by atoms with Crippen LogP contribution in [0.5, 0.6) is 5.75 Å². The van der Waals surface area contributed by atoms with Gasteiger partial charge in [0.15, 0.2) is 0 Å². The molecule has 0 spiro atoms. The third-order valence-corrected chi connectivity index (χ3v) is 3.28. The molecule has 1 rings (SSSR count). The highest BCUT2D eigenvalue weighted by Gasteiger charge is 2.11. The third-order valence-electron chi connectivity index (χ3n) is 2.66. The van der Waals surface area contributed by atoms with Crippen molar-refractivity contribution in [3.05, 3.63) is 28.2 Å². The number of halogens is 1. The first kappa shape index (κ1) is 14.5. The lowest BCUT2D eigenvalue weighted by molar-refractivity contribution is 0.411. The summed E-state index contributed by atoms with van der Waals surface area (Å²) in [4.78, 5) is 0. The number of hydrogen-bond donors (Lipinski definition) is 2. The summed E-state index contributed by atoms with van der Waals surface area (Å²) in [5.41, 5.74) is 1.24. The fourth-order valence-electron chi connectivity index (χ4n) is 1.64. The van der Waals surface area contributed by atoms with Gasteiger partial charge in [0.25, 0.3) is 0 Å². The van der Waals surface area contributed by atoms with Gasteiger partial charge < -0.3 is 15.4 Å². The molecule has 2 N–H and O–H groups in total. The summed E-state index contributed by atoms with van der Waals surface area (Å²) in [5, 5.41) is 6.75. The number of nitrogens with one attached hydrogen (secondary N) is 2. The van der Waals surface area contributed by atoms with Crippen molar-refractivity contribution in [1.82, 2.24) is 10.6 Å². The summed E-state index contributed by atoms with van der Waals surface area (Å²) >= 11 is 3.51. The molecule has 96 valence electrons. The van der Waals surface area contributed by atoms with E-state index in [4.69, 9.17) is 4.74 Å². The highest BCUT2D eigenvalue weighted by molar-refractivity contribution is 9.10. The standard InChI is InChI=1S/C13H21BrN2O/c1-9(2)16-8-12(15-3)10-5-6-13(17-4)11(14)7-10/h5-7,9,12,15-16H,8H2,1-4H3. The van der Waals surface area contributed by atoms with E-state index in [2.05, 4.69) is 52.5 Å². The van der Waals surface area contributed by atoms with Crippen LogP contribution in [0.3, 0.4) is 0 Å². The Kier molecular flexibility index (Phi) is 5.95. The Labute approximate surface area is 112 Å². The first-order chi connectivity index (χ1) is 8.08. The summed E-state index contributed by atoms with van der Waals surface area (Å²) in [6.45, 7) is 5.21. The zero-order valence-corrected chi connectivity index (χ0v) is 12.5. The summed E-state index contributed by atoms with van der Waals surface area (Å²) in [5.74, 6) is 0.862. The van der Waals surface area contributed by atoms with Gasteiger partial charge in [-0.05, 0) is 40.7 Å². The molecule has 0 bridgehead atoms. The van der Waals surface area contributed by atoms with Crippen LogP contribution in [-0.2, 0) is 0 Å². The van der Waals surface area contributed by atoms with Gasteiger partial charge in [-0.15, -0.1) is 0 Å².